The van der Waals surface area contributed by atoms with Crippen molar-refractivity contribution in [3.8, 4) is 5.75 Å². The zero-order valence-electron chi connectivity index (χ0n) is 12.2. The van der Waals surface area contributed by atoms with Crippen LogP contribution in [0.5, 0.6) is 5.75 Å². The summed E-state index contributed by atoms with van der Waals surface area (Å²) in [4.78, 5) is 2.30. The smallest absolute Gasteiger partial charge is 0.119 e. The van der Waals surface area contributed by atoms with Gasteiger partial charge in [0.2, 0.25) is 0 Å². The van der Waals surface area contributed by atoms with Crippen LogP contribution in [-0.2, 0) is 11.8 Å². The van der Waals surface area contributed by atoms with Crippen LogP contribution >= 0.6 is 0 Å². The molecular formula is C16H23NO2. The highest BCUT2D eigenvalue weighted by molar-refractivity contribution is 5.46. The van der Waals surface area contributed by atoms with E-state index in [1.165, 1.54) is 11.1 Å². The van der Waals surface area contributed by atoms with E-state index < -0.39 is 5.60 Å². The summed E-state index contributed by atoms with van der Waals surface area (Å²) >= 11 is 0. The first-order valence-electron chi connectivity index (χ1n) is 7.00. The molecule has 0 saturated carbocycles. The van der Waals surface area contributed by atoms with Crippen molar-refractivity contribution in [3.63, 3.8) is 0 Å². The summed E-state index contributed by atoms with van der Waals surface area (Å²) in [5.41, 5.74) is 1.73. The predicted octanol–water partition coefficient (Wildman–Crippen LogP) is 1.96. The van der Waals surface area contributed by atoms with Crippen LogP contribution < -0.4 is 4.74 Å². The molecule has 0 amide bonds. The maximum absolute atomic E-state index is 11.1. The molecular weight excluding hydrogens is 238 g/mol. The summed E-state index contributed by atoms with van der Waals surface area (Å²) in [6.45, 7) is 5.23. The number of rotatable bonds is 1. The number of ether oxygens (including phenoxy) is 1. The van der Waals surface area contributed by atoms with Crippen molar-refractivity contribution in [2.75, 3.05) is 20.7 Å². The minimum Gasteiger partial charge on any atom is -0.497 e. The average Bonchev–Trinajstić information content (AvgIpc) is 2.38. The number of hydrogen-bond donors (Lipinski definition) is 1. The Bertz CT molecular complexity index is 511. The fourth-order valence-electron chi connectivity index (χ4n) is 3.95. The normalized spacial score (nSPS) is 37.8. The molecule has 1 aliphatic heterocycles. The van der Waals surface area contributed by atoms with Gasteiger partial charge in [0, 0.05) is 11.5 Å². The lowest BCUT2D eigenvalue weighted by Crippen LogP contribution is -2.68. The van der Waals surface area contributed by atoms with E-state index in [2.05, 4.69) is 31.0 Å². The summed E-state index contributed by atoms with van der Waals surface area (Å²) in [5, 5.41) is 11.1. The van der Waals surface area contributed by atoms with Crippen molar-refractivity contribution < 1.29 is 9.84 Å². The summed E-state index contributed by atoms with van der Waals surface area (Å²) in [6.07, 6.45) is 1.89. The number of aliphatic hydroxyl groups is 1. The van der Waals surface area contributed by atoms with Gasteiger partial charge in [-0.3, -0.25) is 0 Å². The van der Waals surface area contributed by atoms with Crippen molar-refractivity contribution in [2.45, 2.75) is 43.7 Å². The van der Waals surface area contributed by atoms with Gasteiger partial charge in [0.1, 0.15) is 5.75 Å². The van der Waals surface area contributed by atoms with Crippen molar-refractivity contribution in [2.24, 2.45) is 0 Å². The second kappa shape index (κ2) is 3.97. The van der Waals surface area contributed by atoms with Crippen LogP contribution in [0, 0.1) is 0 Å². The molecule has 3 heteroatoms. The Kier molecular flexibility index (Phi) is 2.70. The Labute approximate surface area is 115 Å². The quantitative estimate of drug-likeness (QED) is 0.839. The molecule has 3 rings (SSSR count). The Hall–Kier alpha value is -1.06. The van der Waals surface area contributed by atoms with Gasteiger partial charge < -0.3 is 14.7 Å². The number of nitrogens with zero attached hydrogens (tertiary/aromatic N) is 1. The standard InChI is InChI=1S/C16H23NO2/c1-15-7-8-17(3)14(16(15,2)18)9-11-5-6-12(19-4)10-13(11)15/h5-6,10,14,18H,7-9H2,1-4H3. The van der Waals surface area contributed by atoms with Gasteiger partial charge >= 0.3 is 0 Å². The van der Waals surface area contributed by atoms with Gasteiger partial charge in [-0.2, -0.15) is 0 Å². The fraction of sp³-hybridized carbons (Fsp3) is 0.625. The summed E-state index contributed by atoms with van der Waals surface area (Å²) in [6, 6.07) is 6.50. The van der Waals surface area contributed by atoms with E-state index in [1.807, 2.05) is 13.0 Å². The van der Waals surface area contributed by atoms with E-state index in [-0.39, 0.29) is 11.5 Å². The maximum atomic E-state index is 11.1. The highest BCUT2D eigenvalue weighted by Crippen LogP contribution is 2.51. The average molecular weight is 261 g/mol. The van der Waals surface area contributed by atoms with E-state index in [9.17, 15) is 5.11 Å². The number of likely N-dealkylation sites (N-methyl/N-ethyl adjacent to an activating group) is 1. The number of likely N-dealkylation sites (tertiary alicyclic amines) is 1. The molecule has 3 nitrogen and oxygen atoms in total. The molecule has 1 aromatic carbocycles. The maximum Gasteiger partial charge on any atom is 0.119 e. The fourth-order valence-corrected chi connectivity index (χ4v) is 3.95. The Morgan fingerprint density at radius 1 is 1.37 bits per heavy atom. The molecule has 1 saturated heterocycles. The zero-order chi connectivity index (χ0) is 13.8. The minimum atomic E-state index is -0.695. The van der Waals surface area contributed by atoms with E-state index >= 15 is 0 Å². The molecule has 1 heterocycles. The second-order valence-electron chi connectivity index (χ2n) is 6.45. The van der Waals surface area contributed by atoms with Crippen molar-refractivity contribution >= 4 is 0 Å². The summed E-state index contributed by atoms with van der Waals surface area (Å²) < 4.78 is 5.36. The summed E-state index contributed by atoms with van der Waals surface area (Å²) in [5.74, 6) is 0.883. The molecule has 1 aliphatic carbocycles. The van der Waals surface area contributed by atoms with E-state index in [0.29, 0.717) is 0 Å². The first kappa shape index (κ1) is 12.9. The minimum absolute atomic E-state index is 0.188. The van der Waals surface area contributed by atoms with E-state index in [4.69, 9.17) is 4.74 Å². The third-order valence-corrected chi connectivity index (χ3v) is 5.59. The lowest BCUT2D eigenvalue weighted by Gasteiger charge is -2.58. The van der Waals surface area contributed by atoms with Crippen LogP contribution in [-0.4, -0.2) is 42.4 Å². The third kappa shape index (κ3) is 1.58. The van der Waals surface area contributed by atoms with Crippen molar-refractivity contribution in [3.05, 3.63) is 29.3 Å². The molecule has 2 aliphatic rings. The molecule has 19 heavy (non-hydrogen) atoms. The van der Waals surface area contributed by atoms with Gasteiger partial charge in [-0.05, 0) is 56.6 Å². The van der Waals surface area contributed by atoms with Gasteiger partial charge in [-0.25, -0.2) is 0 Å². The Balaban J connectivity index is 2.19. The number of methoxy groups -OCH3 is 1. The molecule has 3 unspecified atom stereocenters. The van der Waals surface area contributed by atoms with E-state index in [0.717, 1.165) is 25.1 Å². The van der Waals surface area contributed by atoms with Crippen LogP contribution in [0.25, 0.3) is 0 Å². The number of piperidine rings is 1. The molecule has 0 spiro atoms. The molecule has 2 bridgehead atoms. The molecule has 1 aromatic rings. The predicted molar refractivity (Wildman–Crippen MR) is 75.7 cm³/mol. The number of hydrogen-bond acceptors (Lipinski definition) is 3. The molecule has 0 radical (unpaired) electrons. The highest BCUT2D eigenvalue weighted by atomic mass is 16.5. The second-order valence-corrected chi connectivity index (χ2v) is 6.45. The van der Waals surface area contributed by atoms with Crippen LogP contribution in [0.1, 0.15) is 31.4 Å². The molecule has 104 valence electrons. The largest absolute Gasteiger partial charge is 0.497 e. The topological polar surface area (TPSA) is 32.7 Å². The SMILES string of the molecule is COc1ccc2c(c1)C1(C)CCN(C)C(C2)C1(C)O. The van der Waals surface area contributed by atoms with Crippen molar-refractivity contribution in [1.82, 2.24) is 4.90 Å². The highest BCUT2D eigenvalue weighted by Gasteiger charge is 2.57. The Morgan fingerprint density at radius 3 is 2.79 bits per heavy atom. The van der Waals surface area contributed by atoms with Gasteiger partial charge in [-0.1, -0.05) is 13.0 Å². The monoisotopic (exact) mass is 261 g/mol. The van der Waals surface area contributed by atoms with Crippen LogP contribution in [0.4, 0.5) is 0 Å². The number of benzene rings is 1. The number of fused-ring (bicyclic) bond motifs is 4. The lowest BCUT2D eigenvalue weighted by atomic mass is 9.56. The van der Waals surface area contributed by atoms with Gasteiger partial charge in [0.25, 0.3) is 0 Å². The van der Waals surface area contributed by atoms with Crippen LogP contribution in [0.3, 0.4) is 0 Å². The first-order valence-corrected chi connectivity index (χ1v) is 7.00. The zero-order valence-corrected chi connectivity index (χ0v) is 12.2. The summed E-state index contributed by atoms with van der Waals surface area (Å²) in [7, 11) is 3.82. The van der Waals surface area contributed by atoms with E-state index in [1.54, 1.807) is 7.11 Å². The Morgan fingerprint density at radius 2 is 2.11 bits per heavy atom. The van der Waals surface area contributed by atoms with Crippen molar-refractivity contribution in [1.29, 1.82) is 0 Å². The molecule has 1 N–H and O–H groups in total. The first-order chi connectivity index (χ1) is 8.90. The van der Waals surface area contributed by atoms with Crippen LogP contribution in [0.15, 0.2) is 18.2 Å². The lowest BCUT2D eigenvalue weighted by molar-refractivity contribution is -0.121. The van der Waals surface area contributed by atoms with Crippen LogP contribution in [0.2, 0.25) is 0 Å². The molecule has 3 atom stereocenters. The molecule has 1 fully saturated rings. The molecule has 0 aromatic heterocycles. The van der Waals surface area contributed by atoms with Gasteiger partial charge in [0.15, 0.2) is 0 Å². The van der Waals surface area contributed by atoms with Gasteiger partial charge in [-0.15, -0.1) is 0 Å². The van der Waals surface area contributed by atoms with Gasteiger partial charge in [0.05, 0.1) is 12.7 Å². The third-order valence-electron chi connectivity index (χ3n) is 5.59.